The monoisotopic (exact) mass is 506 g/mol. The molecule has 2 heterocycles. The van der Waals surface area contributed by atoms with E-state index in [0.29, 0.717) is 0 Å². The van der Waals surface area contributed by atoms with Crippen LogP contribution < -0.4 is 16.0 Å². The van der Waals surface area contributed by atoms with Gasteiger partial charge in [0.1, 0.15) is 0 Å². The minimum absolute atomic E-state index is 0.906. The summed E-state index contributed by atoms with van der Waals surface area (Å²) in [5.74, 6) is 0. The highest BCUT2D eigenvalue weighted by atomic mass is 15.1. The summed E-state index contributed by atoms with van der Waals surface area (Å²) in [7, 11) is 4.25. The first-order valence-electron chi connectivity index (χ1n) is 14.6. The SMILES string of the molecule is CN(C)Cc1ccccc1Nc1cc(CNCCN2CCCCC2)cc(CNCCN2CCCCC2)c1. The van der Waals surface area contributed by atoms with Crippen LogP contribution in [0.25, 0.3) is 0 Å². The van der Waals surface area contributed by atoms with Gasteiger partial charge in [-0.05, 0) is 101 Å². The van der Waals surface area contributed by atoms with Crippen molar-refractivity contribution in [1.82, 2.24) is 25.3 Å². The molecule has 2 fully saturated rings. The fourth-order valence-corrected chi connectivity index (χ4v) is 5.62. The lowest BCUT2D eigenvalue weighted by Crippen LogP contribution is -2.35. The average molecular weight is 507 g/mol. The molecule has 2 aliphatic rings. The Labute approximate surface area is 225 Å². The van der Waals surface area contributed by atoms with Crippen LogP contribution in [0.15, 0.2) is 42.5 Å². The Kier molecular flexibility index (Phi) is 11.7. The second-order valence-electron chi connectivity index (χ2n) is 11.2. The Hall–Kier alpha value is -1.96. The second-order valence-corrected chi connectivity index (χ2v) is 11.2. The molecule has 0 radical (unpaired) electrons. The smallest absolute Gasteiger partial charge is 0.0429 e. The van der Waals surface area contributed by atoms with Crippen molar-refractivity contribution in [3.8, 4) is 0 Å². The highest BCUT2D eigenvalue weighted by molar-refractivity contribution is 5.64. The van der Waals surface area contributed by atoms with Crippen LogP contribution in [-0.4, -0.2) is 81.2 Å². The van der Waals surface area contributed by atoms with Crippen LogP contribution in [0.1, 0.15) is 55.2 Å². The van der Waals surface area contributed by atoms with Gasteiger partial charge in [0, 0.05) is 57.2 Å². The van der Waals surface area contributed by atoms with Gasteiger partial charge in [-0.15, -0.1) is 0 Å². The Bertz CT molecular complexity index is 873. The molecule has 0 aliphatic carbocycles. The molecule has 4 rings (SSSR count). The lowest BCUT2D eigenvalue weighted by atomic mass is 10.1. The van der Waals surface area contributed by atoms with Crippen LogP contribution in [0, 0.1) is 0 Å². The van der Waals surface area contributed by atoms with Crippen LogP contribution in [0.2, 0.25) is 0 Å². The van der Waals surface area contributed by atoms with Crippen molar-refractivity contribution in [2.75, 3.05) is 71.8 Å². The van der Waals surface area contributed by atoms with Gasteiger partial charge in [0.2, 0.25) is 0 Å². The van der Waals surface area contributed by atoms with Gasteiger partial charge in [-0.2, -0.15) is 0 Å². The minimum atomic E-state index is 0.906. The molecule has 37 heavy (non-hydrogen) atoms. The molecule has 3 N–H and O–H groups in total. The zero-order chi connectivity index (χ0) is 25.7. The molecule has 6 heteroatoms. The quantitative estimate of drug-likeness (QED) is 0.325. The number of piperidine rings is 2. The predicted octanol–water partition coefficient (Wildman–Crippen LogP) is 4.64. The van der Waals surface area contributed by atoms with E-state index in [0.717, 1.165) is 45.8 Å². The van der Waals surface area contributed by atoms with Gasteiger partial charge in [-0.1, -0.05) is 37.1 Å². The molecule has 2 aliphatic heterocycles. The van der Waals surface area contributed by atoms with Crippen molar-refractivity contribution in [3.05, 3.63) is 59.2 Å². The summed E-state index contributed by atoms with van der Waals surface area (Å²) in [6, 6.07) is 15.7. The van der Waals surface area contributed by atoms with Crippen molar-refractivity contribution in [3.63, 3.8) is 0 Å². The number of nitrogens with zero attached hydrogens (tertiary/aromatic N) is 3. The first-order chi connectivity index (χ1) is 18.2. The van der Waals surface area contributed by atoms with Gasteiger partial charge >= 0.3 is 0 Å². The summed E-state index contributed by atoms with van der Waals surface area (Å²) in [5, 5.41) is 11.2. The summed E-state index contributed by atoms with van der Waals surface area (Å²) in [4.78, 5) is 7.43. The molecule has 0 amide bonds. The molecule has 0 aromatic heterocycles. The Morgan fingerprint density at radius 1 is 0.703 bits per heavy atom. The summed E-state index contributed by atoms with van der Waals surface area (Å²) < 4.78 is 0. The van der Waals surface area contributed by atoms with E-state index in [9.17, 15) is 0 Å². The molecule has 2 aromatic rings. The summed E-state index contributed by atoms with van der Waals surface area (Å²) in [6.07, 6.45) is 8.23. The second kappa shape index (κ2) is 15.5. The molecule has 0 bridgehead atoms. The first-order valence-corrected chi connectivity index (χ1v) is 14.6. The molecular weight excluding hydrogens is 456 g/mol. The molecular formula is C31H50N6. The summed E-state index contributed by atoms with van der Waals surface area (Å²) in [5.41, 5.74) is 6.38. The molecule has 204 valence electrons. The maximum atomic E-state index is 3.74. The number of hydrogen-bond donors (Lipinski definition) is 3. The van der Waals surface area contributed by atoms with Crippen LogP contribution in [0.5, 0.6) is 0 Å². The van der Waals surface area contributed by atoms with Crippen molar-refractivity contribution in [2.24, 2.45) is 0 Å². The number of para-hydroxylation sites is 1. The minimum Gasteiger partial charge on any atom is -0.355 e. The van der Waals surface area contributed by atoms with Gasteiger partial charge < -0.3 is 30.7 Å². The number of benzene rings is 2. The molecule has 2 saturated heterocycles. The third-order valence-corrected chi connectivity index (χ3v) is 7.60. The molecule has 0 spiro atoms. The van der Waals surface area contributed by atoms with Gasteiger partial charge in [0.25, 0.3) is 0 Å². The maximum absolute atomic E-state index is 3.74. The lowest BCUT2D eigenvalue weighted by Gasteiger charge is -2.26. The number of nitrogens with one attached hydrogen (secondary N) is 3. The lowest BCUT2D eigenvalue weighted by molar-refractivity contribution is 0.229. The third kappa shape index (κ3) is 10.0. The number of hydrogen-bond acceptors (Lipinski definition) is 6. The normalized spacial score (nSPS) is 17.4. The Morgan fingerprint density at radius 3 is 1.78 bits per heavy atom. The standard InChI is InChI=1S/C31H50N6/c1-35(2)26-29-11-5-6-12-31(29)34-30-22-27(24-32-13-19-36-15-7-3-8-16-36)21-28(23-30)25-33-14-20-37-17-9-4-10-18-37/h5-6,11-12,21-23,32-34H,3-4,7-10,13-20,24-26H2,1-2H3. The van der Waals surface area contributed by atoms with Crippen LogP contribution in [-0.2, 0) is 19.6 Å². The highest BCUT2D eigenvalue weighted by Gasteiger charge is 2.11. The molecule has 2 aromatic carbocycles. The largest absolute Gasteiger partial charge is 0.355 e. The van der Waals surface area contributed by atoms with Crippen molar-refractivity contribution < 1.29 is 0 Å². The van der Waals surface area contributed by atoms with E-state index in [1.54, 1.807) is 0 Å². The van der Waals surface area contributed by atoms with E-state index < -0.39 is 0 Å². The Morgan fingerprint density at radius 2 is 1.24 bits per heavy atom. The maximum Gasteiger partial charge on any atom is 0.0429 e. The topological polar surface area (TPSA) is 45.8 Å². The Balaban J connectivity index is 1.37. The van der Waals surface area contributed by atoms with E-state index in [-0.39, 0.29) is 0 Å². The zero-order valence-electron chi connectivity index (χ0n) is 23.4. The third-order valence-electron chi connectivity index (χ3n) is 7.60. The van der Waals surface area contributed by atoms with Crippen molar-refractivity contribution in [1.29, 1.82) is 0 Å². The van der Waals surface area contributed by atoms with Crippen molar-refractivity contribution >= 4 is 11.4 Å². The molecule has 0 atom stereocenters. The van der Waals surface area contributed by atoms with Gasteiger partial charge in [0.05, 0.1) is 0 Å². The fraction of sp³-hybridized carbons (Fsp3) is 0.613. The highest BCUT2D eigenvalue weighted by Crippen LogP contribution is 2.24. The number of rotatable bonds is 14. The first kappa shape index (κ1) is 28.1. The van der Waals surface area contributed by atoms with Crippen LogP contribution in [0.3, 0.4) is 0 Å². The van der Waals surface area contributed by atoms with E-state index >= 15 is 0 Å². The van der Waals surface area contributed by atoms with E-state index in [4.69, 9.17) is 0 Å². The van der Waals surface area contributed by atoms with E-state index in [1.807, 2.05) is 0 Å². The van der Waals surface area contributed by atoms with Crippen LogP contribution >= 0.6 is 0 Å². The van der Waals surface area contributed by atoms with Crippen LogP contribution in [0.4, 0.5) is 11.4 Å². The number of anilines is 2. The number of likely N-dealkylation sites (tertiary alicyclic amines) is 2. The molecule has 0 unspecified atom stereocenters. The molecule has 6 nitrogen and oxygen atoms in total. The summed E-state index contributed by atoms with van der Waals surface area (Å²) >= 11 is 0. The fourth-order valence-electron chi connectivity index (χ4n) is 5.62. The summed E-state index contributed by atoms with van der Waals surface area (Å²) in [6.45, 7) is 12.2. The van der Waals surface area contributed by atoms with Gasteiger partial charge in [-0.3, -0.25) is 0 Å². The predicted molar refractivity (Wildman–Crippen MR) is 158 cm³/mol. The van der Waals surface area contributed by atoms with Gasteiger partial charge in [-0.25, -0.2) is 0 Å². The van der Waals surface area contributed by atoms with Gasteiger partial charge in [0.15, 0.2) is 0 Å². The van der Waals surface area contributed by atoms with E-state index in [2.05, 4.69) is 87.2 Å². The van der Waals surface area contributed by atoms with E-state index in [1.165, 1.54) is 92.8 Å². The zero-order valence-corrected chi connectivity index (χ0v) is 23.4. The van der Waals surface area contributed by atoms with Crippen molar-refractivity contribution in [2.45, 2.75) is 58.2 Å². The molecule has 0 saturated carbocycles. The average Bonchev–Trinajstić information content (AvgIpc) is 2.91.